The minimum Gasteiger partial charge on any atom is -0.356 e. The number of unbranched alkanes of at least 4 members (excludes halogenated alkanes) is 7. The number of hydrogen-bond acceptors (Lipinski definition) is 3. The highest BCUT2D eigenvalue weighted by Crippen LogP contribution is 2.26. The normalized spacial score (nSPS) is 13.9. The maximum Gasteiger partial charge on any atom is 0.219 e. The summed E-state index contributed by atoms with van der Waals surface area (Å²) in [7, 11) is 0. The van der Waals surface area contributed by atoms with E-state index >= 15 is 0 Å². The summed E-state index contributed by atoms with van der Waals surface area (Å²) in [6.07, 6.45) is 16.7. The van der Waals surface area contributed by atoms with E-state index in [4.69, 9.17) is 5.41 Å². The van der Waals surface area contributed by atoms with Crippen LogP contribution in [0.2, 0.25) is 0 Å². The van der Waals surface area contributed by atoms with Crippen LogP contribution < -0.4 is 10.8 Å². The first-order valence-electron chi connectivity index (χ1n) is 13.2. The van der Waals surface area contributed by atoms with Crippen molar-refractivity contribution in [2.75, 3.05) is 6.54 Å². The Morgan fingerprint density at radius 1 is 0.909 bits per heavy atom. The second kappa shape index (κ2) is 14.7. The number of benzene rings is 1. The van der Waals surface area contributed by atoms with Gasteiger partial charge in [0.1, 0.15) is 5.49 Å². The lowest BCUT2D eigenvalue weighted by atomic mass is 10.0. The highest BCUT2D eigenvalue weighted by molar-refractivity contribution is 5.75. The van der Waals surface area contributed by atoms with Gasteiger partial charge in [-0.2, -0.15) is 5.10 Å². The number of rotatable bonds is 15. The maximum absolute atomic E-state index is 11.9. The monoisotopic (exact) mass is 450 g/mol. The second-order valence-electron chi connectivity index (χ2n) is 9.56. The lowest BCUT2D eigenvalue weighted by molar-refractivity contribution is -0.121. The van der Waals surface area contributed by atoms with Crippen LogP contribution in [0.4, 0.5) is 0 Å². The predicted octanol–water partition coefficient (Wildman–Crippen LogP) is 6.24. The van der Waals surface area contributed by atoms with Crippen LogP contribution in [0.25, 0.3) is 11.3 Å². The van der Waals surface area contributed by atoms with Crippen molar-refractivity contribution < 1.29 is 4.79 Å². The number of nitrogens with one attached hydrogen (secondary N) is 2. The third-order valence-corrected chi connectivity index (χ3v) is 6.85. The zero-order valence-corrected chi connectivity index (χ0v) is 20.2. The van der Waals surface area contributed by atoms with E-state index in [0.717, 1.165) is 49.5 Å². The van der Waals surface area contributed by atoms with Crippen LogP contribution in [0.1, 0.15) is 89.9 Å². The molecule has 0 atom stereocenters. The van der Waals surface area contributed by atoms with Gasteiger partial charge in [-0.1, -0.05) is 94.5 Å². The molecule has 3 rings (SSSR count). The number of aryl methyl sites for hydroxylation is 1. The Hall–Kier alpha value is -2.43. The number of hydrogen-bond donors (Lipinski definition) is 2. The van der Waals surface area contributed by atoms with Gasteiger partial charge < -0.3 is 5.32 Å². The van der Waals surface area contributed by atoms with Crippen molar-refractivity contribution in [3.63, 3.8) is 0 Å². The summed E-state index contributed by atoms with van der Waals surface area (Å²) in [5.41, 5.74) is 2.49. The molecule has 1 amide bonds. The summed E-state index contributed by atoms with van der Waals surface area (Å²) in [6.45, 7) is 1.67. The molecule has 2 N–H and O–H groups in total. The van der Waals surface area contributed by atoms with E-state index < -0.39 is 0 Å². The van der Waals surface area contributed by atoms with E-state index in [0.29, 0.717) is 11.9 Å². The van der Waals surface area contributed by atoms with Crippen LogP contribution in [0.15, 0.2) is 42.5 Å². The molecule has 33 heavy (non-hydrogen) atoms. The summed E-state index contributed by atoms with van der Waals surface area (Å²) in [6, 6.07) is 13.9. The van der Waals surface area contributed by atoms with Gasteiger partial charge in [0, 0.05) is 25.1 Å². The fourth-order valence-electron chi connectivity index (χ4n) is 4.81. The minimum absolute atomic E-state index is 0.240. The van der Waals surface area contributed by atoms with Gasteiger partial charge >= 0.3 is 0 Å². The molecule has 1 saturated carbocycles. The van der Waals surface area contributed by atoms with Crippen molar-refractivity contribution in [3.8, 4) is 11.3 Å². The molecule has 0 unspecified atom stereocenters. The van der Waals surface area contributed by atoms with Crippen LogP contribution >= 0.6 is 0 Å². The van der Waals surface area contributed by atoms with Crippen molar-refractivity contribution >= 4 is 5.91 Å². The fraction of sp³-hybridized carbons (Fsp3) is 0.607. The number of carbonyl (C=O) groups is 1. The average Bonchev–Trinajstić information content (AvgIpc) is 3.35. The summed E-state index contributed by atoms with van der Waals surface area (Å²) in [4.78, 5) is 11.9. The maximum atomic E-state index is 11.9. The van der Waals surface area contributed by atoms with E-state index in [1.807, 2.05) is 35.0 Å². The Morgan fingerprint density at radius 2 is 1.58 bits per heavy atom. The highest BCUT2D eigenvalue weighted by atomic mass is 16.1. The first-order chi connectivity index (χ1) is 16.2. The number of amides is 1. The summed E-state index contributed by atoms with van der Waals surface area (Å²) < 4.78 is 1.82. The molecule has 0 saturated heterocycles. The average molecular weight is 451 g/mol. The van der Waals surface area contributed by atoms with Crippen molar-refractivity contribution in [2.45, 2.75) is 96.4 Å². The fourth-order valence-corrected chi connectivity index (χ4v) is 4.81. The van der Waals surface area contributed by atoms with Crippen molar-refractivity contribution in [2.24, 2.45) is 5.92 Å². The smallest absolute Gasteiger partial charge is 0.219 e. The molecule has 2 aromatic rings. The standard InChI is InChI=1S/C28H42N4O/c29-27-20-19-26(25-16-8-7-9-17-25)31-32(27)23-13-6-4-2-1-3-5-10-18-28(33)30-22-21-24-14-11-12-15-24/h7-9,16-17,19-20,24,29H,1-6,10-15,18,21-23H2,(H,30,33). The largest absolute Gasteiger partial charge is 0.356 e. The Labute approximate surface area is 199 Å². The van der Waals surface area contributed by atoms with E-state index in [1.165, 1.54) is 64.2 Å². The summed E-state index contributed by atoms with van der Waals surface area (Å²) in [5, 5.41) is 15.9. The quantitative estimate of drug-likeness (QED) is 0.315. The SMILES string of the molecule is N=c1ccc(-c2ccccc2)nn1CCCCCCCCCCC(=O)NCCC1CCCC1. The van der Waals surface area contributed by atoms with Crippen molar-refractivity contribution in [1.82, 2.24) is 15.1 Å². The van der Waals surface area contributed by atoms with E-state index in [-0.39, 0.29) is 5.91 Å². The van der Waals surface area contributed by atoms with Gasteiger partial charge in [-0.25, -0.2) is 4.68 Å². The third-order valence-electron chi connectivity index (χ3n) is 6.85. The van der Waals surface area contributed by atoms with Gasteiger partial charge in [-0.15, -0.1) is 0 Å². The highest BCUT2D eigenvalue weighted by Gasteiger charge is 2.14. The van der Waals surface area contributed by atoms with E-state index in [9.17, 15) is 4.79 Å². The van der Waals surface area contributed by atoms with Crippen LogP contribution in [0.3, 0.4) is 0 Å². The van der Waals surface area contributed by atoms with Crippen LogP contribution in [-0.4, -0.2) is 22.2 Å². The molecule has 1 heterocycles. The van der Waals surface area contributed by atoms with Crippen LogP contribution in [0.5, 0.6) is 0 Å². The van der Waals surface area contributed by atoms with Crippen molar-refractivity contribution in [3.05, 3.63) is 48.0 Å². The first kappa shape index (κ1) is 25.2. The molecule has 5 nitrogen and oxygen atoms in total. The number of carbonyl (C=O) groups excluding carboxylic acids is 1. The summed E-state index contributed by atoms with van der Waals surface area (Å²) >= 11 is 0. The predicted molar refractivity (Wildman–Crippen MR) is 135 cm³/mol. The molecule has 0 spiro atoms. The Morgan fingerprint density at radius 3 is 2.30 bits per heavy atom. The Kier molecular flexibility index (Phi) is 11.2. The zero-order chi connectivity index (χ0) is 23.1. The molecule has 1 aliphatic carbocycles. The lowest BCUT2D eigenvalue weighted by Gasteiger charge is -2.10. The molecule has 1 aromatic carbocycles. The molecule has 0 aliphatic heterocycles. The minimum atomic E-state index is 0.240. The van der Waals surface area contributed by atoms with Gasteiger partial charge in [0.05, 0.1) is 5.69 Å². The molecule has 1 fully saturated rings. The molecule has 0 radical (unpaired) electrons. The van der Waals surface area contributed by atoms with Crippen LogP contribution in [-0.2, 0) is 11.3 Å². The first-order valence-corrected chi connectivity index (χ1v) is 13.2. The van der Waals surface area contributed by atoms with Gasteiger partial charge in [-0.05, 0) is 37.3 Å². The number of aromatic nitrogens is 2. The topological polar surface area (TPSA) is 70.8 Å². The second-order valence-corrected chi connectivity index (χ2v) is 9.56. The Bertz CT molecular complexity index is 871. The van der Waals surface area contributed by atoms with Crippen molar-refractivity contribution in [1.29, 1.82) is 5.41 Å². The molecular formula is C28H42N4O. The van der Waals surface area contributed by atoms with Gasteiger partial charge in [-0.3, -0.25) is 10.2 Å². The molecule has 5 heteroatoms. The van der Waals surface area contributed by atoms with Gasteiger partial charge in [0.25, 0.3) is 0 Å². The molecule has 1 aliphatic rings. The van der Waals surface area contributed by atoms with Crippen LogP contribution in [0, 0.1) is 11.3 Å². The number of nitrogens with zero attached hydrogens (tertiary/aromatic N) is 2. The lowest BCUT2D eigenvalue weighted by Crippen LogP contribution is -2.25. The van der Waals surface area contributed by atoms with E-state index in [1.54, 1.807) is 0 Å². The molecular weight excluding hydrogens is 408 g/mol. The molecule has 0 bridgehead atoms. The Balaban J connectivity index is 1.17. The summed E-state index contributed by atoms with van der Waals surface area (Å²) in [5.74, 6) is 1.10. The third kappa shape index (κ3) is 9.53. The molecule has 180 valence electrons. The zero-order valence-electron chi connectivity index (χ0n) is 20.2. The van der Waals surface area contributed by atoms with E-state index in [2.05, 4.69) is 22.5 Å². The molecule has 1 aromatic heterocycles. The van der Waals surface area contributed by atoms with Gasteiger partial charge in [0.15, 0.2) is 0 Å². The van der Waals surface area contributed by atoms with Gasteiger partial charge in [0.2, 0.25) is 5.91 Å².